The van der Waals surface area contributed by atoms with Gasteiger partial charge in [0.2, 0.25) is 0 Å². The molecule has 2 atom stereocenters. The lowest BCUT2D eigenvalue weighted by molar-refractivity contribution is 0.379. The molecule has 1 fully saturated rings. The molecule has 0 bridgehead atoms. The Morgan fingerprint density at radius 2 is 2.19 bits per heavy atom. The monoisotopic (exact) mass is 222 g/mol. The van der Waals surface area contributed by atoms with Crippen molar-refractivity contribution in [3.63, 3.8) is 0 Å². The van der Waals surface area contributed by atoms with E-state index in [0.717, 1.165) is 31.4 Å². The van der Waals surface area contributed by atoms with Gasteiger partial charge in [0.15, 0.2) is 0 Å². The summed E-state index contributed by atoms with van der Waals surface area (Å²) in [6.45, 7) is 2.98. The zero-order chi connectivity index (χ0) is 11.5. The fraction of sp³-hybridized carbons (Fsp3) is 0.538. The van der Waals surface area contributed by atoms with Crippen LogP contribution in [0.3, 0.4) is 0 Å². The largest absolute Gasteiger partial charge is 0.508 e. The van der Waals surface area contributed by atoms with Crippen molar-refractivity contribution >= 4 is 0 Å². The summed E-state index contributed by atoms with van der Waals surface area (Å²) in [7, 11) is 0. The van der Waals surface area contributed by atoms with Crippen LogP contribution >= 0.6 is 0 Å². The molecule has 2 rings (SSSR count). The maximum Gasteiger partial charge on any atom is 0.119 e. The molecule has 1 aliphatic rings. The minimum absolute atomic E-state index is 0.217. The van der Waals surface area contributed by atoms with Crippen LogP contribution < -0.4 is 0 Å². The van der Waals surface area contributed by atoms with Gasteiger partial charge in [-0.3, -0.25) is 0 Å². The van der Waals surface area contributed by atoms with Crippen molar-refractivity contribution in [1.82, 2.24) is 0 Å². The zero-order valence-corrected chi connectivity index (χ0v) is 9.52. The first kappa shape index (κ1) is 11.3. The molecule has 3 heteroatoms. The Labute approximate surface area is 95.7 Å². The summed E-state index contributed by atoms with van der Waals surface area (Å²) in [6.07, 6.45) is 3.42. The minimum Gasteiger partial charge on any atom is -0.508 e. The molecule has 0 radical (unpaired) electrons. The van der Waals surface area contributed by atoms with E-state index in [9.17, 15) is 10.2 Å². The molecule has 1 aromatic carbocycles. The lowest BCUT2D eigenvalue weighted by Gasteiger charge is -2.16. The molecule has 0 unspecified atom stereocenters. The first-order valence-electron chi connectivity index (χ1n) is 5.84. The number of aromatic hydroxyl groups is 2. The average molecular weight is 222 g/mol. The smallest absolute Gasteiger partial charge is 0.119 e. The number of rotatable bonds is 5. The fourth-order valence-corrected chi connectivity index (χ4v) is 2.07. The van der Waals surface area contributed by atoms with Crippen molar-refractivity contribution in [3.05, 3.63) is 23.8 Å². The van der Waals surface area contributed by atoms with Crippen molar-refractivity contribution in [2.24, 2.45) is 0 Å². The summed E-state index contributed by atoms with van der Waals surface area (Å²) in [5.41, 5.74) is 0.850. The molecular formula is C13H18O3. The second kappa shape index (κ2) is 4.74. The molecule has 0 spiro atoms. The van der Waals surface area contributed by atoms with Crippen molar-refractivity contribution < 1.29 is 14.9 Å². The number of phenolic OH excluding ortho intramolecular Hbond substituents is 2. The maximum atomic E-state index is 9.77. The fourth-order valence-electron chi connectivity index (χ4n) is 2.07. The molecule has 0 saturated carbocycles. The van der Waals surface area contributed by atoms with Crippen LogP contribution in [0.1, 0.15) is 37.7 Å². The summed E-state index contributed by atoms with van der Waals surface area (Å²) < 4.78 is 5.18. The number of phenols is 2. The van der Waals surface area contributed by atoms with Gasteiger partial charge in [-0.05, 0) is 43.4 Å². The molecular weight excluding hydrogens is 204 g/mol. The SMILES string of the molecule is CC[C@@H](CC[C@@H]1CO1)c1cc(O)ccc1O. The lowest BCUT2D eigenvalue weighted by atomic mass is 9.90. The van der Waals surface area contributed by atoms with E-state index in [1.807, 2.05) is 0 Å². The van der Waals surface area contributed by atoms with E-state index in [1.165, 1.54) is 6.07 Å². The van der Waals surface area contributed by atoms with E-state index in [-0.39, 0.29) is 11.5 Å². The van der Waals surface area contributed by atoms with Crippen LogP contribution in [-0.4, -0.2) is 22.9 Å². The van der Waals surface area contributed by atoms with E-state index in [2.05, 4.69) is 6.92 Å². The standard InChI is InChI=1S/C13H18O3/c1-2-9(3-5-11-8-16-11)12-7-10(14)4-6-13(12)15/h4,6-7,9,11,14-15H,2-3,5,8H2,1H3/t9-,11+/m0/s1. The third-order valence-corrected chi connectivity index (χ3v) is 3.18. The summed E-state index contributed by atoms with van der Waals surface area (Å²) in [5, 5.41) is 19.2. The molecule has 16 heavy (non-hydrogen) atoms. The van der Waals surface area contributed by atoms with Crippen LogP contribution in [0.25, 0.3) is 0 Å². The van der Waals surface area contributed by atoms with E-state index in [0.29, 0.717) is 12.0 Å². The van der Waals surface area contributed by atoms with Gasteiger partial charge in [-0.2, -0.15) is 0 Å². The van der Waals surface area contributed by atoms with Gasteiger partial charge in [-0.25, -0.2) is 0 Å². The van der Waals surface area contributed by atoms with Gasteiger partial charge in [0.05, 0.1) is 12.7 Å². The maximum absolute atomic E-state index is 9.77. The van der Waals surface area contributed by atoms with E-state index >= 15 is 0 Å². The van der Waals surface area contributed by atoms with Crippen molar-refractivity contribution in [1.29, 1.82) is 0 Å². The summed E-state index contributed by atoms with van der Waals surface area (Å²) >= 11 is 0. The Morgan fingerprint density at radius 1 is 1.44 bits per heavy atom. The normalized spacial score (nSPS) is 20.7. The third-order valence-electron chi connectivity index (χ3n) is 3.18. The first-order chi connectivity index (χ1) is 7.70. The average Bonchev–Trinajstić information content (AvgIpc) is 3.07. The van der Waals surface area contributed by atoms with Crippen molar-refractivity contribution in [2.75, 3.05) is 6.61 Å². The Bertz CT molecular complexity index is 358. The number of ether oxygens (including phenoxy) is 1. The molecule has 0 aliphatic carbocycles. The zero-order valence-electron chi connectivity index (χ0n) is 9.52. The topological polar surface area (TPSA) is 53.0 Å². The summed E-state index contributed by atoms with van der Waals surface area (Å²) in [4.78, 5) is 0. The van der Waals surface area contributed by atoms with Crippen molar-refractivity contribution in [3.8, 4) is 11.5 Å². The molecule has 0 aromatic heterocycles. The number of hydrogen-bond acceptors (Lipinski definition) is 3. The minimum atomic E-state index is 0.217. The Hall–Kier alpha value is -1.22. The summed E-state index contributed by atoms with van der Waals surface area (Å²) in [5.74, 6) is 0.798. The highest BCUT2D eigenvalue weighted by molar-refractivity contribution is 5.40. The van der Waals surface area contributed by atoms with Gasteiger partial charge in [0, 0.05) is 5.56 Å². The molecule has 3 nitrogen and oxygen atoms in total. The van der Waals surface area contributed by atoms with Crippen LogP contribution in [0.15, 0.2) is 18.2 Å². The van der Waals surface area contributed by atoms with Gasteiger partial charge in [-0.15, -0.1) is 0 Å². The highest BCUT2D eigenvalue weighted by atomic mass is 16.6. The molecule has 2 N–H and O–H groups in total. The predicted molar refractivity (Wildman–Crippen MR) is 61.8 cm³/mol. The Kier molecular flexibility index (Phi) is 3.34. The molecule has 1 saturated heterocycles. The second-order valence-electron chi connectivity index (χ2n) is 4.38. The molecule has 1 heterocycles. The first-order valence-corrected chi connectivity index (χ1v) is 5.84. The van der Waals surface area contributed by atoms with Gasteiger partial charge in [0.1, 0.15) is 11.5 Å². The molecule has 1 aromatic rings. The van der Waals surface area contributed by atoms with Crippen LogP contribution in [0, 0.1) is 0 Å². The number of epoxide rings is 1. The number of benzene rings is 1. The molecule has 0 amide bonds. The van der Waals surface area contributed by atoms with E-state index < -0.39 is 0 Å². The molecule has 88 valence electrons. The van der Waals surface area contributed by atoms with Crippen LogP contribution in [0.2, 0.25) is 0 Å². The van der Waals surface area contributed by atoms with Crippen LogP contribution in [0.5, 0.6) is 11.5 Å². The van der Waals surface area contributed by atoms with E-state index in [4.69, 9.17) is 4.74 Å². The highest BCUT2D eigenvalue weighted by Crippen LogP contribution is 2.35. The van der Waals surface area contributed by atoms with Gasteiger partial charge in [0.25, 0.3) is 0 Å². The molecule has 1 aliphatic heterocycles. The Balaban J connectivity index is 2.07. The predicted octanol–water partition coefficient (Wildman–Crippen LogP) is 2.77. The van der Waals surface area contributed by atoms with Crippen LogP contribution in [0.4, 0.5) is 0 Å². The van der Waals surface area contributed by atoms with Crippen molar-refractivity contribution in [2.45, 2.75) is 38.2 Å². The number of hydrogen-bond donors (Lipinski definition) is 2. The van der Waals surface area contributed by atoms with Gasteiger partial charge in [-0.1, -0.05) is 6.92 Å². The summed E-state index contributed by atoms with van der Waals surface area (Å²) in [6, 6.07) is 4.73. The van der Waals surface area contributed by atoms with E-state index in [1.54, 1.807) is 12.1 Å². The quantitative estimate of drug-likeness (QED) is 0.595. The lowest BCUT2D eigenvalue weighted by Crippen LogP contribution is -2.00. The second-order valence-corrected chi connectivity index (χ2v) is 4.38. The van der Waals surface area contributed by atoms with Gasteiger partial charge >= 0.3 is 0 Å². The third kappa shape index (κ3) is 2.67. The van der Waals surface area contributed by atoms with Crippen LogP contribution in [-0.2, 0) is 4.74 Å². The Morgan fingerprint density at radius 3 is 2.81 bits per heavy atom. The highest BCUT2D eigenvalue weighted by Gasteiger charge is 2.24. The van der Waals surface area contributed by atoms with Gasteiger partial charge < -0.3 is 14.9 Å².